The Bertz CT molecular complexity index is 1690. The van der Waals surface area contributed by atoms with E-state index in [1.165, 1.54) is 36.4 Å². The molecule has 0 unspecified atom stereocenters. The lowest BCUT2D eigenvalue weighted by Crippen LogP contribution is -2.24. The number of nitro groups is 2. The molecule has 5 rings (SSSR count). The Labute approximate surface area is 186 Å². The molecule has 12 nitrogen and oxygen atoms in total. The lowest BCUT2D eigenvalue weighted by atomic mass is 10.1. The topological polar surface area (TPSA) is 164 Å². The van der Waals surface area contributed by atoms with E-state index in [1.807, 2.05) is 0 Å². The first kappa shape index (κ1) is 20.6. The lowest BCUT2D eigenvalue weighted by molar-refractivity contribution is -0.385. The third-order valence-electron chi connectivity index (χ3n) is 5.49. The van der Waals surface area contributed by atoms with Crippen molar-refractivity contribution >= 4 is 32.9 Å². The van der Waals surface area contributed by atoms with Crippen LogP contribution in [-0.2, 0) is 0 Å². The third-order valence-corrected chi connectivity index (χ3v) is 5.49. The Hall–Kier alpha value is -5.26. The monoisotopic (exact) mass is 458 g/mol. The summed E-state index contributed by atoms with van der Waals surface area (Å²) in [6.07, 6.45) is 0. The Morgan fingerprint density at radius 2 is 0.853 bits per heavy atom. The molecule has 0 bridgehead atoms. The van der Waals surface area contributed by atoms with E-state index in [2.05, 4.69) is 0 Å². The quantitative estimate of drug-likeness (QED) is 0.290. The van der Waals surface area contributed by atoms with Crippen LogP contribution in [0.25, 0.3) is 32.9 Å². The van der Waals surface area contributed by atoms with Gasteiger partial charge < -0.3 is 0 Å². The van der Waals surface area contributed by atoms with E-state index < -0.39 is 32.1 Å². The molecule has 0 N–H and O–H groups in total. The van der Waals surface area contributed by atoms with Crippen molar-refractivity contribution in [1.82, 2.24) is 9.13 Å². The number of hydrogen-bond donors (Lipinski definition) is 0. The predicted molar refractivity (Wildman–Crippen MR) is 121 cm³/mol. The summed E-state index contributed by atoms with van der Waals surface area (Å²) in [4.78, 5) is 72.8. The van der Waals surface area contributed by atoms with Crippen LogP contribution in [0.5, 0.6) is 0 Å². The summed E-state index contributed by atoms with van der Waals surface area (Å²) >= 11 is 0. The molecule has 0 atom stereocenters. The van der Waals surface area contributed by atoms with E-state index in [0.717, 1.165) is 33.4 Å². The standard InChI is InChI=1S/C22H10N4O8/c27-19-15-9-17-18(22(30)24(21(17)29)12-4-2-6-14(8-12)26(33)34)10-16(15)20(28)23(19)11-3-1-5-13(7-11)25(31)32/h1-10H. The second kappa shape index (κ2) is 7.13. The second-order valence-corrected chi connectivity index (χ2v) is 7.39. The summed E-state index contributed by atoms with van der Waals surface area (Å²) in [7, 11) is 0. The molecule has 12 heteroatoms. The van der Waals surface area contributed by atoms with Crippen molar-refractivity contribution in [2.45, 2.75) is 0 Å². The molecule has 0 aliphatic carbocycles. The van der Waals surface area contributed by atoms with Crippen molar-refractivity contribution in [1.29, 1.82) is 0 Å². The fraction of sp³-hybridized carbons (Fsp3) is 0. The van der Waals surface area contributed by atoms with Gasteiger partial charge in [-0.3, -0.25) is 39.4 Å². The van der Waals surface area contributed by atoms with Gasteiger partial charge >= 0.3 is 0 Å². The van der Waals surface area contributed by atoms with Crippen molar-refractivity contribution in [3.8, 4) is 11.4 Å². The molecule has 0 saturated heterocycles. The molecule has 0 saturated carbocycles. The average Bonchev–Trinajstić information content (AvgIpc) is 3.22. The summed E-state index contributed by atoms with van der Waals surface area (Å²) in [5.41, 5.74) is -3.94. The van der Waals surface area contributed by atoms with Crippen molar-refractivity contribution in [2.75, 3.05) is 0 Å². The van der Waals surface area contributed by atoms with Crippen LogP contribution < -0.4 is 22.2 Å². The van der Waals surface area contributed by atoms with Gasteiger partial charge in [-0.25, -0.2) is 9.13 Å². The van der Waals surface area contributed by atoms with Gasteiger partial charge in [0.05, 0.1) is 42.8 Å². The van der Waals surface area contributed by atoms with E-state index in [-0.39, 0.29) is 44.3 Å². The molecular formula is C22H10N4O8. The highest BCUT2D eigenvalue weighted by Crippen LogP contribution is 2.20. The Morgan fingerprint density at radius 3 is 1.15 bits per heavy atom. The van der Waals surface area contributed by atoms with Crippen LogP contribution in [0, 0.1) is 20.2 Å². The Kier molecular flexibility index (Phi) is 4.33. The molecule has 34 heavy (non-hydrogen) atoms. The number of aromatic nitrogens is 2. The highest BCUT2D eigenvalue weighted by atomic mass is 16.6. The van der Waals surface area contributed by atoms with Crippen LogP contribution in [0.1, 0.15) is 0 Å². The molecular weight excluding hydrogens is 448 g/mol. The highest BCUT2D eigenvalue weighted by molar-refractivity contribution is 5.98. The zero-order valence-corrected chi connectivity index (χ0v) is 16.8. The van der Waals surface area contributed by atoms with Crippen LogP contribution in [0.4, 0.5) is 11.4 Å². The molecule has 0 fully saturated rings. The molecule has 5 aromatic rings. The van der Waals surface area contributed by atoms with Crippen LogP contribution in [0.15, 0.2) is 79.8 Å². The molecule has 0 aliphatic heterocycles. The van der Waals surface area contributed by atoms with Crippen molar-refractivity contribution < 1.29 is 9.85 Å². The summed E-state index contributed by atoms with van der Waals surface area (Å²) in [5, 5.41) is 21.6. The SMILES string of the molecule is O=c1c2cc3c(=O)n(-c4cccc([N+](=O)[O-])c4)c(=O)c3cc2c(=O)n1-c1cccc([N+](=O)[O-])c1. The van der Waals surface area contributed by atoms with Crippen molar-refractivity contribution in [3.05, 3.63) is 122 Å². The molecule has 3 aromatic carbocycles. The van der Waals surface area contributed by atoms with Gasteiger partial charge in [-0.1, -0.05) is 12.1 Å². The van der Waals surface area contributed by atoms with Crippen molar-refractivity contribution in [2.24, 2.45) is 0 Å². The largest absolute Gasteiger partial charge is 0.271 e. The predicted octanol–water partition coefficient (Wildman–Crippen LogP) is 1.71. The minimum absolute atomic E-state index is 0.0311. The van der Waals surface area contributed by atoms with E-state index in [4.69, 9.17) is 0 Å². The molecule has 0 amide bonds. The fourth-order valence-electron chi connectivity index (χ4n) is 3.93. The summed E-state index contributed by atoms with van der Waals surface area (Å²) < 4.78 is 1.47. The van der Waals surface area contributed by atoms with Gasteiger partial charge in [0, 0.05) is 24.3 Å². The Balaban J connectivity index is 1.79. The van der Waals surface area contributed by atoms with Crippen molar-refractivity contribution in [3.63, 3.8) is 0 Å². The molecule has 2 heterocycles. The number of benzene rings is 3. The van der Waals surface area contributed by atoms with Gasteiger partial charge in [0.1, 0.15) is 0 Å². The Morgan fingerprint density at radius 1 is 0.529 bits per heavy atom. The molecule has 0 spiro atoms. The second-order valence-electron chi connectivity index (χ2n) is 7.39. The first-order valence-corrected chi connectivity index (χ1v) is 9.63. The van der Waals surface area contributed by atoms with Gasteiger partial charge in [-0.2, -0.15) is 0 Å². The average molecular weight is 458 g/mol. The fourth-order valence-corrected chi connectivity index (χ4v) is 3.93. The van der Waals surface area contributed by atoms with Gasteiger partial charge in [-0.05, 0) is 24.3 Å². The molecule has 0 radical (unpaired) electrons. The smallest absolute Gasteiger partial charge is 0.268 e. The lowest BCUT2D eigenvalue weighted by Gasteiger charge is -2.00. The molecule has 166 valence electrons. The molecule has 2 aromatic heterocycles. The first-order valence-electron chi connectivity index (χ1n) is 9.63. The van der Waals surface area contributed by atoms with Gasteiger partial charge in [0.25, 0.3) is 33.6 Å². The van der Waals surface area contributed by atoms with E-state index >= 15 is 0 Å². The van der Waals surface area contributed by atoms with E-state index in [1.54, 1.807) is 0 Å². The summed E-state index contributed by atoms with van der Waals surface area (Å²) in [5.74, 6) is 0. The van der Waals surface area contributed by atoms with E-state index in [0.29, 0.717) is 0 Å². The zero-order valence-electron chi connectivity index (χ0n) is 16.8. The number of non-ortho nitro benzene ring substituents is 2. The minimum atomic E-state index is -0.808. The number of nitro benzene ring substituents is 2. The number of nitrogens with zero attached hydrogens (tertiary/aromatic N) is 4. The minimum Gasteiger partial charge on any atom is -0.268 e. The number of fused-ring (bicyclic) bond motifs is 2. The number of rotatable bonds is 4. The van der Waals surface area contributed by atoms with Gasteiger partial charge in [-0.15, -0.1) is 0 Å². The van der Waals surface area contributed by atoms with Crippen LogP contribution in [-0.4, -0.2) is 19.0 Å². The van der Waals surface area contributed by atoms with E-state index in [9.17, 15) is 39.4 Å². The third kappa shape index (κ3) is 2.86. The van der Waals surface area contributed by atoms with Gasteiger partial charge in [0.15, 0.2) is 0 Å². The molecule has 0 aliphatic rings. The number of hydrogen-bond acceptors (Lipinski definition) is 8. The first-order chi connectivity index (χ1) is 16.2. The summed E-state index contributed by atoms with van der Waals surface area (Å²) in [6.45, 7) is 0. The van der Waals surface area contributed by atoms with Gasteiger partial charge in [0.2, 0.25) is 0 Å². The maximum Gasteiger partial charge on any atom is 0.271 e. The normalized spacial score (nSPS) is 11.3. The summed E-state index contributed by atoms with van der Waals surface area (Å²) in [6, 6.07) is 12.1. The highest BCUT2D eigenvalue weighted by Gasteiger charge is 2.22. The van der Waals surface area contributed by atoms with Crippen LogP contribution in [0.2, 0.25) is 0 Å². The van der Waals surface area contributed by atoms with Crippen LogP contribution in [0.3, 0.4) is 0 Å². The maximum absolute atomic E-state index is 13.0. The van der Waals surface area contributed by atoms with Crippen LogP contribution >= 0.6 is 0 Å². The maximum atomic E-state index is 13.0. The zero-order chi connectivity index (χ0) is 24.3.